The van der Waals surface area contributed by atoms with Crippen molar-refractivity contribution >= 4 is 16.5 Å². The minimum atomic E-state index is 0.630. The van der Waals surface area contributed by atoms with E-state index in [1.165, 1.54) is 5.39 Å². The van der Waals surface area contributed by atoms with E-state index in [1.54, 1.807) is 7.11 Å². The molecule has 3 aromatic rings. The topological polar surface area (TPSA) is 47.0 Å². The zero-order chi connectivity index (χ0) is 13.8. The number of pyridine rings is 2. The van der Waals surface area contributed by atoms with Crippen LogP contribution in [0.4, 0.5) is 5.69 Å². The first-order valence-corrected chi connectivity index (χ1v) is 6.42. The van der Waals surface area contributed by atoms with Gasteiger partial charge in [-0.3, -0.25) is 4.98 Å². The highest BCUT2D eigenvalue weighted by molar-refractivity contribution is 5.93. The molecule has 0 saturated carbocycles. The normalized spacial score (nSPS) is 10.4. The van der Waals surface area contributed by atoms with Gasteiger partial charge >= 0.3 is 0 Å². The van der Waals surface area contributed by atoms with Gasteiger partial charge in [0.15, 0.2) is 0 Å². The monoisotopic (exact) mass is 265 g/mol. The summed E-state index contributed by atoms with van der Waals surface area (Å²) < 4.78 is 5.05. The molecule has 3 rings (SSSR count). The fourth-order valence-electron chi connectivity index (χ4n) is 2.11. The van der Waals surface area contributed by atoms with E-state index in [0.717, 1.165) is 23.2 Å². The van der Waals surface area contributed by atoms with E-state index in [4.69, 9.17) is 4.74 Å². The molecule has 2 aromatic heterocycles. The predicted molar refractivity (Wildman–Crippen MR) is 79.9 cm³/mol. The van der Waals surface area contributed by atoms with Gasteiger partial charge in [0.25, 0.3) is 0 Å². The highest BCUT2D eigenvalue weighted by Gasteiger charge is 2.01. The molecule has 0 radical (unpaired) electrons. The van der Waals surface area contributed by atoms with Crippen LogP contribution in [0.3, 0.4) is 0 Å². The van der Waals surface area contributed by atoms with E-state index in [1.807, 2.05) is 42.9 Å². The molecule has 0 unspecified atom stereocenters. The van der Waals surface area contributed by atoms with E-state index < -0.39 is 0 Å². The lowest BCUT2D eigenvalue weighted by molar-refractivity contribution is 0.397. The molecule has 100 valence electrons. The van der Waals surface area contributed by atoms with Crippen LogP contribution in [0.15, 0.2) is 55.0 Å². The molecule has 0 amide bonds. The summed E-state index contributed by atoms with van der Waals surface area (Å²) in [4.78, 5) is 8.34. The van der Waals surface area contributed by atoms with Crippen molar-refractivity contribution < 1.29 is 4.74 Å². The van der Waals surface area contributed by atoms with Crippen molar-refractivity contribution in [2.75, 3.05) is 12.4 Å². The van der Waals surface area contributed by atoms with Gasteiger partial charge in [0, 0.05) is 47.7 Å². The lowest BCUT2D eigenvalue weighted by atomic mass is 10.1. The maximum absolute atomic E-state index is 5.05. The molecular weight excluding hydrogens is 250 g/mol. The Labute approximate surface area is 117 Å². The summed E-state index contributed by atoms with van der Waals surface area (Å²) in [5.41, 5.74) is 2.21. The Morgan fingerprint density at radius 1 is 1.10 bits per heavy atom. The number of nitrogens with zero attached hydrogens (tertiary/aromatic N) is 2. The van der Waals surface area contributed by atoms with Crippen molar-refractivity contribution in [3.05, 3.63) is 60.6 Å². The van der Waals surface area contributed by atoms with Gasteiger partial charge in [-0.25, -0.2) is 4.98 Å². The van der Waals surface area contributed by atoms with Gasteiger partial charge in [0.1, 0.15) is 0 Å². The van der Waals surface area contributed by atoms with Crippen molar-refractivity contribution in [1.29, 1.82) is 0 Å². The van der Waals surface area contributed by atoms with Gasteiger partial charge in [0.05, 0.1) is 7.11 Å². The third-order valence-corrected chi connectivity index (χ3v) is 3.17. The van der Waals surface area contributed by atoms with Crippen LogP contribution in [0.5, 0.6) is 5.88 Å². The maximum atomic E-state index is 5.05. The van der Waals surface area contributed by atoms with Crippen LogP contribution in [-0.2, 0) is 6.54 Å². The second-order valence-corrected chi connectivity index (χ2v) is 4.46. The molecule has 0 aliphatic carbocycles. The average Bonchev–Trinajstić information content (AvgIpc) is 2.53. The van der Waals surface area contributed by atoms with E-state index in [0.29, 0.717) is 5.88 Å². The highest BCUT2D eigenvalue weighted by atomic mass is 16.5. The lowest BCUT2D eigenvalue weighted by Gasteiger charge is -2.09. The summed E-state index contributed by atoms with van der Waals surface area (Å²) in [6, 6.07) is 12.0. The molecule has 4 heteroatoms. The Kier molecular flexibility index (Phi) is 3.46. The quantitative estimate of drug-likeness (QED) is 0.786. The third-order valence-electron chi connectivity index (χ3n) is 3.17. The van der Waals surface area contributed by atoms with Crippen molar-refractivity contribution in [3.63, 3.8) is 0 Å². The molecule has 0 aliphatic rings. The first kappa shape index (κ1) is 12.4. The van der Waals surface area contributed by atoms with Crippen molar-refractivity contribution in [2.45, 2.75) is 6.54 Å². The van der Waals surface area contributed by atoms with Crippen LogP contribution in [0.25, 0.3) is 10.8 Å². The van der Waals surface area contributed by atoms with Crippen LogP contribution < -0.4 is 10.1 Å². The molecule has 4 nitrogen and oxygen atoms in total. The Balaban J connectivity index is 1.79. The number of benzene rings is 1. The fraction of sp³-hybridized carbons (Fsp3) is 0.125. The molecule has 0 fully saturated rings. The summed E-state index contributed by atoms with van der Waals surface area (Å²) in [5, 5.41) is 5.73. The number of ether oxygens (including phenoxy) is 1. The Bertz CT molecular complexity index is 705. The van der Waals surface area contributed by atoms with E-state index in [-0.39, 0.29) is 0 Å². The smallest absolute Gasteiger partial charge is 0.212 e. The molecule has 0 saturated heterocycles. The molecule has 0 atom stereocenters. The fourth-order valence-corrected chi connectivity index (χ4v) is 2.11. The van der Waals surface area contributed by atoms with E-state index in [9.17, 15) is 0 Å². The standard InChI is InChI=1S/C16H15N3O/c1-20-16-6-5-12(10-19-16)9-18-15-4-2-3-13-11-17-8-7-14(13)15/h2-8,10-11,18H,9H2,1H3. The highest BCUT2D eigenvalue weighted by Crippen LogP contribution is 2.22. The first-order valence-electron chi connectivity index (χ1n) is 6.42. The van der Waals surface area contributed by atoms with Crippen LogP contribution in [0, 0.1) is 0 Å². The molecule has 1 N–H and O–H groups in total. The third kappa shape index (κ3) is 2.54. The molecule has 1 aromatic carbocycles. The Morgan fingerprint density at radius 2 is 2.05 bits per heavy atom. The number of hydrogen-bond donors (Lipinski definition) is 1. The summed E-state index contributed by atoms with van der Waals surface area (Å²) in [5.74, 6) is 0.630. The number of anilines is 1. The predicted octanol–water partition coefficient (Wildman–Crippen LogP) is 3.25. The largest absolute Gasteiger partial charge is 0.481 e. The summed E-state index contributed by atoms with van der Waals surface area (Å²) in [7, 11) is 1.62. The first-order chi connectivity index (χ1) is 9.86. The number of nitrogens with one attached hydrogen (secondary N) is 1. The van der Waals surface area contributed by atoms with Crippen molar-refractivity contribution in [2.24, 2.45) is 0 Å². The number of methoxy groups -OCH3 is 1. The van der Waals surface area contributed by atoms with Gasteiger partial charge in [-0.05, 0) is 17.7 Å². The molecule has 20 heavy (non-hydrogen) atoms. The molecule has 0 spiro atoms. The van der Waals surface area contributed by atoms with Gasteiger partial charge < -0.3 is 10.1 Å². The van der Waals surface area contributed by atoms with Crippen molar-refractivity contribution in [3.8, 4) is 5.88 Å². The Hall–Kier alpha value is -2.62. The SMILES string of the molecule is COc1ccc(CNc2cccc3cnccc23)cn1. The van der Waals surface area contributed by atoms with Crippen LogP contribution in [0.1, 0.15) is 5.56 Å². The summed E-state index contributed by atoms with van der Waals surface area (Å²) in [6.07, 6.45) is 5.50. The number of rotatable bonds is 4. The zero-order valence-corrected chi connectivity index (χ0v) is 11.2. The van der Waals surface area contributed by atoms with E-state index in [2.05, 4.69) is 27.4 Å². The zero-order valence-electron chi connectivity index (χ0n) is 11.2. The Morgan fingerprint density at radius 3 is 2.85 bits per heavy atom. The number of hydrogen-bond acceptors (Lipinski definition) is 4. The lowest BCUT2D eigenvalue weighted by Crippen LogP contribution is -2.00. The van der Waals surface area contributed by atoms with Crippen LogP contribution in [0.2, 0.25) is 0 Å². The second kappa shape index (κ2) is 5.57. The second-order valence-electron chi connectivity index (χ2n) is 4.46. The van der Waals surface area contributed by atoms with Gasteiger partial charge in [0.2, 0.25) is 5.88 Å². The molecule has 0 aliphatic heterocycles. The van der Waals surface area contributed by atoms with Crippen LogP contribution >= 0.6 is 0 Å². The maximum Gasteiger partial charge on any atom is 0.212 e. The average molecular weight is 265 g/mol. The summed E-state index contributed by atoms with van der Waals surface area (Å²) in [6.45, 7) is 0.721. The molecule has 2 heterocycles. The van der Waals surface area contributed by atoms with Gasteiger partial charge in [-0.2, -0.15) is 0 Å². The minimum Gasteiger partial charge on any atom is -0.481 e. The van der Waals surface area contributed by atoms with Crippen LogP contribution in [-0.4, -0.2) is 17.1 Å². The van der Waals surface area contributed by atoms with Gasteiger partial charge in [-0.1, -0.05) is 18.2 Å². The number of aromatic nitrogens is 2. The van der Waals surface area contributed by atoms with Gasteiger partial charge in [-0.15, -0.1) is 0 Å². The minimum absolute atomic E-state index is 0.630. The molecular formula is C16H15N3O. The molecule has 0 bridgehead atoms. The summed E-state index contributed by atoms with van der Waals surface area (Å²) >= 11 is 0. The number of fused-ring (bicyclic) bond motifs is 1. The van der Waals surface area contributed by atoms with E-state index >= 15 is 0 Å². The van der Waals surface area contributed by atoms with Crippen molar-refractivity contribution in [1.82, 2.24) is 9.97 Å².